The number of amides is 1. The van der Waals surface area contributed by atoms with E-state index < -0.39 is 29.3 Å². The van der Waals surface area contributed by atoms with Crippen LogP contribution in [0.25, 0.3) is 0 Å². The minimum atomic E-state index is -1.22. The zero-order chi connectivity index (χ0) is 24.5. The molecule has 34 heavy (non-hydrogen) atoms. The number of nitrogens with zero attached hydrogens (tertiary/aromatic N) is 1. The predicted octanol–water partition coefficient (Wildman–Crippen LogP) is 2.93. The summed E-state index contributed by atoms with van der Waals surface area (Å²) in [5.41, 5.74) is -2.24. The van der Waals surface area contributed by atoms with Crippen LogP contribution in [0, 0.1) is 11.8 Å². The first-order valence-electron chi connectivity index (χ1n) is 11.4. The Morgan fingerprint density at radius 1 is 0.853 bits per heavy atom. The molecule has 1 saturated carbocycles. The molecule has 1 heterocycles. The normalized spacial score (nSPS) is 33.1. The van der Waals surface area contributed by atoms with E-state index in [9.17, 15) is 10.0 Å². The zero-order valence-electron chi connectivity index (χ0n) is 20.6. The number of hydroxylamine groups is 2. The zero-order valence-corrected chi connectivity index (χ0v) is 23.5. The first kappa shape index (κ1) is 31.7. The van der Waals surface area contributed by atoms with Crippen molar-refractivity contribution >= 4 is 5.91 Å². The van der Waals surface area contributed by atoms with E-state index in [-0.39, 0.29) is 52.5 Å². The van der Waals surface area contributed by atoms with Crippen molar-refractivity contribution in [2.45, 2.75) is 90.6 Å². The Morgan fingerprint density at radius 2 is 1.38 bits per heavy atom. The molecule has 1 N–H and O–H groups in total. The fraction of sp³-hybridized carbons (Fsp3) is 0.950. The Morgan fingerprint density at radius 3 is 1.91 bits per heavy atom. The van der Waals surface area contributed by atoms with E-state index in [1.54, 1.807) is 0 Å². The Labute approximate surface area is 213 Å². The van der Waals surface area contributed by atoms with E-state index in [1.807, 2.05) is 41.5 Å². The molecule has 0 aromatic rings. The summed E-state index contributed by atoms with van der Waals surface area (Å²) < 4.78 is 6.19. The second-order valence-corrected chi connectivity index (χ2v) is 8.50. The monoisotopic (exact) mass is 667 g/mol. The van der Waals surface area contributed by atoms with Gasteiger partial charge in [0.2, 0.25) is 5.91 Å². The number of β-lactam (4-membered cyclic amide) rings is 1. The third kappa shape index (κ3) is 6.72. The van der Waals surface area contributed by atoms with Gasteiger partial charge < -0.3 is 4.74 Å². The van der Waals surface area contributed by atoms with Crippen molar-refractivity contribution in [1.82, 2.24) is 5.06 Å². The van der Waals surface area contributed by atoms with Gasteiger partial charge >= 0.3 is 0 Å². The van der Waals surface area contributed by atoms with E-state index in [2.05, 4.69) is 15.1 Å². The molecule has 0 bridgehead atoms. The van der Waals surface area contributed by atoms with Gasteiger partial charge in [-0.15, -0.1) is 0 Å². The number of hydrogen-bond donors (Lipinski definition) is 1. The standard InChI is InChI=1S/C20H37NO12.W/c1-7-10-24-19(6)14(4)15(5)20(13-16(22)21(20)23)18(28-32-33-30-26-12-9-3)17(19)27-31-29-25-11-8-2;/h14-15,17-18,23H,7-13H2,1-6H3;/t14-,15+,17+,18-,19-,20?;/m0./s1. The average Bonchev–Trinajstić information content (AvgIpc) is 2.81. The second kappa shape index (κ2) is 15.1. The number of rotatable bonds is 16. The van der Waals surface area contributed by atoms with E-state index in [0.29, 0.717) is 24.5 Å². The maximum Gasteiger partial charge on any atom is 0.249 e. The Kier molecular flexibility index (Phi) is 14.1. The van der Waals surface area contributed by atoms with E-state index in [4.69, 9.17) is 34.4 Å². The summed E-state index contributed by atoms with van der Waals surface area (Å²) in [6.45, 7) is 12.3. The molecule has 1 saturated heterocycles. The van der Waals surface area contributed by atoms with Crippen LogP contribution < -0.4 is 0 Å². The van der Waals surface area contributed by atoms with Gasteiger partial charge in [0.1, 0.15) is 11.1 Å². The van der Waals surface area contributed by atoms with Crippen LogP contribution in [0.1, 0.15) is 67.2 Å². The largest absolute Gasteiger partial charge is 0.372 e. The van der Waals surface area contributed by atoms with Crippen molar-refractivity contribution < 1.29 is 80.5 Å². The second-order valence-electron chi connectivity index (χ2n) is 8.50. The van der Waals surface area contributed by atoms with E-state index in [0.717, 1.165) is 6.42 Å². The molecule has 0 radical (unpaired) electrons. The first-order chi connectivity index (χ1) is 15.8. The molecule has 0 aromatic carbocycles. The SMILES string of the molecule is CCCOOOOO[C@H]1[C@@H](OOOOCCC)[C@@](C)(OCCC)[C@@H](C)[C@@H](C)C12CC(=O)N2O.[W]. The summed E-state index contributed by atoms with van der Waals surface area (Å²) in [6.07, 6.45) is -0.133. The smallest absolute Gasteiger partial charge is 0.249 e. The molecule has 2 aliphatic rings. The minimum Gasteiger partial charge on any atom is -0.372 e. The van der Waals surface area contributed by atoms with Crippen LogP contribution in [0.5, 0.6) is 0 Å². The number of ether oxygens (including phenoxy) is 1. The average molecular weight is 667 g/mol. The number of carbonyl (C=O) groups is 1. The summed E-state index contributed by atoms with van der Waals surface area (Å²) in [7, 11) is 0. The summed E-state index contributed by atoms with van der Waals surface area (Å²) in [6, 6.07) is 0. The maximum atomic E-state index is 12.1. The van der Waals surface area contributed by atoms with Crippen molar-refractivity contribution in [3.05, 3.63) is 0 Å². The van der Waals surface area contributed by atoms with Crippen LogP contribution in [0.15, 0.2) is 0 Å². The molecule has 200 valence electrons. The molecule has 13 nitrogen and oxygen atoms in total. The van der Waals surface area contributed by atoms with Gasteiger partial charge in [-0.2, -0.15) is 9.78 Å². The predicted molar refractivity (Wildman–Crippen MR) is 107 cm³/mol. The summed E-state index contributed by atoms with van der Waals surface area (Å²) in [4.78, 5) is 32.6. The molecule has 0 aromatic heterocycles. The minimum absolute atomic E-state index is 0. The van der Waals surface area contributed by atoms with Crippen LogP contribution in [0.2, 0.25) is 0 Å². The van der Waals surface area contributed by atoms with Crippen LogP contribution >= 0.6 is 0 Å². The summed E-state index contributed by atoms with van der Waals surface area (Å²) in [5, 5.41) is 34.3. The van der Waals surface area contributed by atoms with Gasteiger partial charge in [0.15, 0.2) is 12.2 Å². The third-order valence-electron chi connectivity index (χ3n) is 6.50. The van der Waals surface area contributed by atoms with Crippen molar-refractivity contribution in [3.63, 3.8) is 0 Å². The fourth-order valence-corrected chi connectivity index (χ4v) is 4.34. The van der Waals surface area contributed by atoms with Gasteiger partial charge in [0.05, 0.1) is 19.6 Å². The summed E-state index contributed by atoms with van der Waals surface area (Å²) >= 11 is 0. The fourth-order valence-electron chi connectivity index (χ4n) is 4.34. The third-order valence-corrected chi connectivity index (χ3v) is 6.50. The molecule has 14 heteroatoms. The van der Waals surface area contributed by atoms with Crippen molar-refractivity contribution in [2.24, 2.45) is 11.8 Å². The van der Waals surface area contributed by atoms with E-state index >= 15 is 0 Å². The molecule has 6 atom stereocenters. The molecule has 2 rings (SSSR count). The van der Waals surface area contributed by atoms with Crippen molar-refractivity contribution in [3.8, 4) is 0 Å². The van der Waals surface area contributed by atoms with Crippen LogP contribution in [-0.2, 0) is 75.3 Å². The molecule has 1 aliphatic carbocycles. The Bertz CT molecular complexity index is 604. The molecular formula is C20H37NO12W. The van der Waals surface area contributed by atoms with Gasteiger partial charge in [0, 0.05) is 27.7 Å². The maximum absolute atomic E-state index is 12.1. The first-order valence-corrected chi connectivity index (χ1v) is 11.4. The van der Waals surface area contributed by atoms with Crippen molar-refractivity contribution in [1.29, 1.82) is 0 Å². The van der Waals surface area contributed by atoms with Crippen LogP contribution in [0.4, 0.5) is 0 Å². The van der Waals surface area contributed by atoms with Gasteiger partial charge in [-0.05, 0) is 63.2 Å². The topological polar surface area (TPSA) is 133 Å². The Balaban J connectivity index is 0.00000578. The van der Waals surface area contributed by atoms with Gasteiger partial charge in [-0.3, -0.25) is 10.0 Å². The molecular weight excluding hydrogens is 630 g/mol. The number of hydrogen-bond acceptors (Lipinski definition) is 12. The molecule has 1 amide bonds. The van der Waals surface area contributed by atoms with Crippen LogP contribution in [0.3, 0.4) is 0 Å². The molecule has 1 aliphatic heterocycles. The molecule has 1 spiro atoms. The van der Waals surface area contributed by atoms with E-state index in [1.165, 1.54) is 0 Å². The van der Waals surface area contributed by atoms with Gasteiger partial charge in [-0.25, -0.2) is 14.8 Å². The van der Waals surface area contributed by atoms with Crippen LogP contribution in [-0.4, -0.2) is 59.3 Å². The molecule has 2 fully saturated rings. The summed E-state index contributed by atoms with van der Waals surface area (Å²) in [5.74, 6) is -1.03. The van der Waals surface area contributed by atoms with Crippen molar-refractivity contribution in [2.75, 3.05) is 19.8 Å². The van der Waals surface area contributed by atoms with Gasteiger partial charge in [-0.1, -0.05) is 34.6 Å². The quantitative estimate of drug-likeness (QED) is 0.0854. The Hall–Kier alpha value is -0.282. The number of carbonyl (C=O) groups excluding carboxylic acids is 1. The van der Waals surface area contributed by atoms with Gasteiger partial charge in [0.25, 0.3) is 0 Å². The molecule has 1 unspecified atom stereocenters.